The average Bonchev–Trinajstić information content (AvgIpc) is 3.33. The van der Waals surface area contributed by atoms with Gasteiger partial charge in [0.05, 0.1) is 49.1 Å². The monoisotopic (exact) mass is 490 g/mol. The summed E-state index contributed by atoms with van der Waals surface area (Å²) in [5.74, 6) is -0.712. The number of ether oxygens (including phenoxy) is 2. The van der Waals surface area contributed by atoms with Gasteiger partial charge in [-0.3, -0.25) is 9.79 Å². The second kappa shape index (κ2) is 13.7. The number of carbonyl (C=O) groups excluding carboxylic acids is 1. The van der Waals surface area contributed by atoms with Crippen molar-refractivity contribution in [3.63, 3.8) is 0 Å². The molecule has 3 aliphatic rings. The standard InChI is InChI=1S/C26H46N6O3/c1-3-9-26(4-2)10-5-18(6-11-27)15-31-20(14-26)23(24(28)29)25(33)32-21-16-30-12-7-22(21)35-19-8-13-34-17-19/h15,18-24,30H,3-10,12-14,16-17,28-29H2,1-2H3,(H,32,33)/b31-15-/t18?,19-,20?,21?,22?,23?,26?/m1/s1. The predicted molar refractivity (Wildman–Crippen MR) is 137 cm³/mol. The van der Waals surface area contributed by atoms with Crippen molar-refractivity contribution >= 4 is 12.1 Å². The molecular formula is C26H46N6O3. The molecule has 0 aromatic carbocycles. The summed E-state index contributed by atoms with van der Waals surface area (Å²) in [5, 5.41) is 15.9. The summed E-state index contributed by atoms with van der Waals surface area (Å²) in [5.41, 5.74) is 12.6. The Morgan fingerprint density at radius 3 is 2.86 bits per heavy atom. The maximum atomic E-state index is 13.7. The lowest BCUT2D eigenvalue weighted by molar-refractivity contribution is -0.129. The second-order valence-corrected chi connectivity index (χ2v) is 10.7. The minimum absolute atomic E-state index is 0.0683. The van der Waals surface area contributed by atoms with Crippen LogP contribution in [-0.2, 0) is 14.3 Å². The number of rotatable bonds is 10. The van der Waals surface area contributed by atoms with Crippen molar-refractivity contribution in [1.82, 2.24) is 10.6 Å². The first kappa shape index (κ1) is 28.0. The van der Waals surface area contributed by atoms with Crippen LogP contribution in [0.1, 0.15) is 71.6 Å². The third-order valence-corrected chi connectivity index (χ3v) is 8.19. The SMILES string of the molecule is CCCC1(CC)CCC(CC#N)/C=N\C(C(C(=O)NC2CNCCC2O[C@@H]2CCOC2)C(N)N)C1. The van der Waals surface area contributed by atoms with Gasteiger partial charge in [-0.15, -0.1) is 0 Å². The van der Waals surface area contributed by atoms with Crippen LogP contribution in [0, 0.1) is 28.6 Å². The third-order valence-electron chi connectivity index (χ3n) is 8.19. The second-order valence-electron chi connectivity index (χ2n) is 10.7. The molecule has 0 saturated carbocycles. The minimum atomic E-state index is -0.832. The summed E-state index contributed by atoms with van der Waals surface area (Å²) in [6, 6.07) is 1.82. The Morgan fingerprint density at radius 1 is 1.37 bits per heavy atom. The van der Waals surface area contributed by atoms with Crippen LogP contribution in [-0.4, -0.2) is 68.9 Å². The molecule has 0 aromatic heterocycles. The first-order valence-corrected chi connectivity index (χ1v) is 13.6. The maximum Gasteiger partial charge on any atom is 0.228 e. The molecule has 7 atom stereocenters. The molecule has 6 N–H and O–H groups in total. The summed E-state index contributed by atoms with van der Waals surface area (Å²) in [4.78, 5) is 18.6. The van der Waals surface area contributed by atoms with Gasteiger partial charge in [0.1, 0.15) is 0 Å². The van der Waals surface area contributed by atoms with Crippen LogP contribution < -0.4 is 22.1 Å². The van der Waals surface area contributed by atoms with Crippen molar-refractivity contribution in [2.75, 3.05) is 26.3 Å². The highest BCUT2D eigenvalue weighted by atomic mass is 16.6. The lowest BCUT2D eigenvalue weighted by Gasteiger charge is -2.41. The molecule has 35 heavy (non-hydrogen) atoms. The predicted octanol–water partition coefficient (Wildman–Crippen LogP) is 1.85. The molecule has 0 radical (unpaired) electrons. The molecule has 3 aliphatic heterocycles. The highest BCUT2D eigenvalue weighted by Crippen LogP contribution is 2.42. The van der Waals surface area contributed by atoms with Crippen molar-refractivity contribution in [2.45, 2.75) is 102 Å². The molecular weight excluding hydrogens is 444 g/mol. The van der Waals surface area contributed by atoms with Crippen molar-refractivity contribution in [1.29, 1.82) is 5.26 Å². The van der Waals surface area contributed by atoms with Gasteiger partial charge in [0.25, 0.3) is 0 Å². The number of nitrogens with zero attached hydrogens (tertiary/aromatic N) is 2. The van der Waals surface area contributed by atoms with Crippen LogP contribution >= 0.6 is 0 Å². The fourth-order valence-electron chi connectivity index (χ4n) is 6.04. The number of nitriles is 1. The van der Waals surface area contributed by atoms with Gasteiger partial charge in [0.15, 0.2) is 0 Å². The molecule has 0 aliphatic carbocycles. The number of aliphatic imine (C=N–C) groups is 1. The Kier molecular flexibility index (Phi) is 10.9. The smallest absolute Gasteiger partial charge is 0.228 e. The molecule has 3 heterocycles. The summed E-state index contributed by atoms with van der Waals surface area (Å²) >= 11 is 0. The van der Waals surface area contributed by atoms with E-state index in [1.807, 2.05) is 6.21 Å². The Hall–Kier alpha value is -1.57. The van der Waals surface area contributed by atoms with Crippen LogP contribution in [0.3, 0.4) is 0 Å². The first-order chi connectivity index (χ1) is 16.9. The van der Waals surface area contributed by atoms with Gasteiger partial charge in [-0.1, -0.05) is 26.7 Å². The molecule has 0 aromatic rings. The van der Waals surface area contributed by atoms with E-state index in [1.165, 1.54) is 0 Å². The van der Waals surface area contributed by atoms with Gasteiger partial charge in [-0.25, -0.2) is 0 Å². The molecule has 9 nitrogen and oxygen atoms in total. The molecule has 6 unspecified atom stereocenters. The highest BCUT2D eigenvalue weighted by Gasteiger charge is 2.41. The van der Waals surface area contributed by atoms with E-state index in [4.69, 9.17) is 25.9 Å². The minimum Gasteiger partial charge on any atom is -0.379 e. The quantitative estimate of drug-likeness (QED) is 0.342. The fourth-order valence-corrected chi connectivity index (χ4v) is 6.04. The fraction of sp³-hybridized carbons (Fsp3) is 0.885. The van der Waals surface area contributed by atoms with Crippen molar-refractivity contribution < 1.29 is 14.3 Å². The van der Waals surface area contributed by atoms with E-state index in [1.54, 1.807) is 0 Å². The van der Waals surface area contributed by atoms with Gasteiger partial charge in [-0.2, -0.15) is 5.26 Å². The Bertz CT molecular complexity index is 735. The molecule has 1 amide bonds. The number of hydrogen-bond acceptors (Lipinski definition) is 8. The van der Waals surface area contributed by atoms with E-state index >= 15 is 0 Å². The molecule has 2 fully saturated rings. The van der Waals surface area contributed by atoms with Gasteiger partial charge < -0.3 is 31.6 Å². The number of carbonyl (C=O) groups is 1. The zero-order valence-corrected chi connectivity index (χ0v) is 21.6. The number of amides is 1. The number of hydrogen-bond donors (Lipinski definition) is 4. The van der Waals surface area contributed by atoms with Crippen LogP contribution in [0.4, 0.5) is 0 Å². The number of nitrogens with one attached hydrogen (secondary N) is 2. The first-order valence-electron chi connectivity index (χ1n) is 13.6. The molecule has 9 heteroatoms. The molecule has 2 saturated heterocycles. The van der Waals surface area contributed by atoms with Gasteiger partial charge in [-0.05, 0) is 50.5 Å². The van der Waals surface area contributed by atoms with Crippen LogP contribution in [0.2, 0.25) is 0 Å². The highest BCUT2D eigenvalue weighted by molar-refractivity contribution is 5.81. The van der Waals surface area contributed by atoms with Crippen molar-refractivity contribution in [3.05, 3.63) is 0 Å². The Labute approximate surface area is 210 Å². The van der Waals surface area contributed by atoms with Crippen LogP contribution in [0.5, 0.6) is 0 Å². The number of nitrogens with two attached hydrogens (primary N) is 2. The summed E-state index contributed by atoms with van der Waals surface area (Å²) in [6.07, 6.45) is 9.09. The Balaban J connectivity index is 1.78. The summed E-state index contributed by atoms with van der Waals surface area (Å²) in [7, 11) is 0. The zero-order valence-electron chi connectivity index (χ0n) is 21.6. The maximum absolute atomic E-state index is 13.7. The normalized spacial score (nSPS) is 35.6. The number of piperidine rings is 1. The van der Waals surface area contributed by atoms with E-state index < -0.39 is 12.1 Å². The molecule has 0 bridgehead atoms. The topological polar surface area (TPSA) is 148 Å². The average molecular weight is 491 g/mol. The van der Waals surface area contributed by atoms with E-state index in [9.17, 15) is 10.1 Å². The van der Waals surface area contributed by atoms with E-state index in [0.29, 0.717) is 19.6 Å². The third kappa shape index (κ3) is 7.70. The molecule has 3 rings (SSSR count). The van der Waals surface area contributed by atoms with E-state index in [-0.39, 0.29) is 41.5 Å². The van der Waals surface area contributed by atoms with Crippen molar-refractivity contribution in [3.8, 4) is 6.07 Å². The zero-order chi connectivity index (χ0) is 25.3. The van der Waals surface area contributed by atoms with Gasteiger partial charge >= 0.3 is 0 Å². The lowest BCUT2D eigenvalue weighted by Crippen LogP contribution is -2.60. The van der Waals surface area contributed by atoms with E-state index in [2.05, 4.69) is 30.6 Å². The molecule has 0 spiro atoms. The van der Waals surface area contributed by atoms with Crippen LogP contribution in [0.15, 0.2) is 4.99 Å². The van der Waals surface area contributed by atoms with Gasteiger partial charge in [0.2, 0.25) is 5.91 Å². The molecule has 198 valence electrons. The van der Waals surface area contributed by atoms with E-state index in [0.717, 1.165) is 64.5 Å². The Morgan fingerprint density at radius 2 is 2.20 bits per heavy atom. The lowest BCUT2D eigenvalue weighted by atomic mass is 9.68. The van der Waals surface area contributed by atoms with Crippen LogP contribution in [0.25, 0.3) is 0 Å². The largest absolute Gasteiger partial charge is 0.379 e. The summed E-state index contributed by atoms with van der Waals surface area (Å²) < 4.78 is 11.8. The van der Waals surface area contributed by atoms with Gasteiger partial charge in [0, 0.05) is 31.7 Å². The summed E-state index contributed by atoms with van der Waals surface area (Å²) in [6.45, 7) is 7.25. The van der Waals surface area contributed by atoms with Crippen molar-refractivity contribution in [2.24, 2.45) is 33.7 Å².